The molecule has 2 aromatic heterocycles. The number of aryl methyl sites for hydroxylation is 1. The van der Waals surface area contributed by atoms with E-state index in [1.165, 1.54) is 11.1 Å². The van der Waals surface area contributed by atoms with Crippen molar-refractivity contribution in [2.24, 2.45) is 0 Å². The van der Waals surface area contributed by atoms with Crippen LogP contribution in [0.1, 0.15) is 25.0 Å². The Hall–Kier alpha value is -2.62. The van der Waals surface area contributed by atoms with Crippen molar-refractivity contribution in [3.8, 4) is 11.3 Å². The first kappa shape index (κ1) is 14.0. The predicted octanol–water partition coefficient (Wildman–Crippen LogP) is 3.61. The van der Waals surface area contributed by atoms with Gasteiger partial charge in [0.25, 0.3) is 0 Å². The van der Waals surface area contributed by atoms with Gasteiger partial charge in [-0.05, 0) is 49.6 Å². The molecule has 0 bridgehead atoms. The van der Waals surface area contributed by atoms with Crippen molar-refractivity contribution in [2.45, 2.75) is 33.2 Å². The molecule has 1 aromatic carbocycles. The normalized spacial score (nSPS) is 16.8. The Morgan fingerprint density at radius 2 is 2.04 bits per heavy atom. The van der Waals surface area contributed by atoms with Crippen LogP contribution in [-0.4, -0.2) is 21.3 Å². The summed E-state index contributed by atoms with van der Waals surface area (Å²) in [5.74, 6) is 0.104. The molecular formula is C19H19N3O. The molecule has 3 heterocycles. The smallest absolute Gasteiger partial charge is 0.224 e. The SMILES string of the molecule is CC(=O)N1c2ccc(-c3cn4cc(C)ccc4n3)cc2CC1C. The monoisotopic (exact) mass is 305 g/mol. The van der Waals surface area contributed by atoms with Gasteiger partial charge in [-0.25, -0.2) is 4.98 Å². The van der Waals surface area contributed by atoms with Crippen LogP contribution < -0.4 is 4.90 Å². The average Bonchev–Trinajstić information content (AvgIpc) is 3.05. The molecule has 0 aliphatic carbocycles. The summed E-state index contributed by atoms with van der Waals surface area (Å²) in [5.41, 5.74) is 6.48. The Morgan fingerprint density at radius 3 is 2.83 bits per heavy atom. The first-order valence-corrected chi connectivity index (χ1v) is 7.91. The van der Waals surface area contributed by atoms with Crippen molar-refractivity contribution in [3.63, 3.8) is 0 Å². The van der Waals surface area contributed by atoms with Gasteiger partial charge >= 0.3 is 0 Å². The van der Waals surface area contributed by atoms with Gasteiger partial charge in [-0.2, -0.15) is 0 Å². The number of fused-ring (bicyclic) bond motifs is 2. The third kappa shape index (κ3) is 2.22. The first-order valence-electron chi connectivity index (χ1n) is 7.91. The highest BCUT2D eigenvalue weighted by Gasteiger charge is 2.29. The van der Waals surface area contributed by atoms with E-state index >= 15 is 0 Å². The molecule has 1 aliphatic heterocycles. The number of carbonyl (C=O) groups excluding carboxylic acids is 1. The van der Waals surface area contributed by atoms with Crippen molar-refractivity contribution in [2.75, 3.05) is 4.90 Å². The topological polar surface area (TPSA) is 37.6 Å². The maximum absolute atomic E-state index is 11.8. The summed E-state index contributed by atoms with van der Waals surface area (Å²) in [5, 5.41) is 0. The van der Waals surface area contributed by atoms with Crippen LogP contribution in [0.2, 0.25) is 0 Å². The van der Waals surface area contributed by atoms with Crippen molar-refractivity contribution in [1.29, 1.82) is 0 Å². The van der Waals surface area contributed by atoms with Gasteiger partial charge in [-0.15, -0.1) is 0 Å². The molecule has 116 valence electrons. The van der Waals surface area contributed by atoms with Gasteiger partial charge in [-0.3, -0.25) is 4.79 Å². The number of pyridine rings is 1. The molecular weight excluding hydrogens is 286 g/mol. The van der Waals surface area contributed by atoms with Crippen molar-refractivity contribution < 1.29 is 4.79 Å². The summed E-state index contributed by atoms with van der Waals surface area (Å²) >= 11 is 0. The zero-order valence-corrected chi connectivity index (χ0v) is 13.6. The molecule has 4 heteroatoms. The van der Waals surface area contributed by atoms with E-state index in [1.807, 2.05) is 17.0 Å². The number of hydrogen-bond acceptors (Lipinski definition) is 2. The van der Waals surface area contributed by atoms with Gasteiger partial charge in [0.2, 0.25) is 5.91 Å². The van der Waals surface area contributed by atoms with Crippen LogP contribution in [0.5, 0.6) is 0 Å². The van der Waals surface area contributed by atoms with Crippen molar-refractivity contribution in [3.05, 3.63) is 53.9 Å². The lowest BCUT2D eigenvalue weighted by molar-refractivity contribution is -0.116. The number of amides is 1. The number of aromatic nitrogens is 2. The minimum atomic E-state index is 0.104. The first-order chi connectivity index (χ1) is 11.0. The maximum atomic E-state index is 11.8. The highest BCUT2D eigenvalue weighted by atomic mass is 16.2. The number of benzene rings is 1. The minimum absolute atomic E-state index is 0.104. The molecule has 0 radical (unpaired) electrons. The standard InChI is InChI=1S/C19H19N3O/c1-12-4-7-19-20-17(11-21(19)10-12)15-5-6-18-16(9-15)8-13(2)22(18)14(3)23/h4-7,9-11,13H,8H2,1-3H3. The molecule has 1 aliphatic rings. The van der Waals surface area contributed by atoms with Crippen LogP contribution in [0.4, 0.5) is 5.69 Å². The van der Waals surface area contributed by atoms with E-state index < -0.39 is 0 Å². The Balaban J connectivity index is 1.78. The summed E-state index contributed by atoms with van der Waals surface area (Å²) in [6.45, 7) is 5.80. The molecule has 23 heavy (non-hydrogen) atoms. The molecule has 1 atom stereocenters. The van der Waals surface area contributed by atoms with Gasteiger partial charge in [-0.1, -0.05) is 12.1 Å². The summed E-state index contributed by atoms with van der Waals surface area (Å²) < 4.78 is 2.06. The second-order valence-corrected chi connectivity index (χ2v) is 6.38. The Kier molecular flexibility index (Phi) is 3.01. The molecule has 1 amide bonds. The number of hydrogen-bond donors (Lipinski definition) is 0. The predicted molar refractivity (Wildman–Crippen MR) is 91.7 cm³/mol. The number of rotatable bonds is 1. The fraction of sp³-hybridized carbons (Fsp3) is 0.263. The Labute approximate surface area is 135 Å². The fourth-order valence-electron chi connectivity index (χ4n) is 3.51. The molecule has 0 fully saturated rings. The quantitative estimate of drug-likeness (QED) is 0.689. The number of nitrogens with zero attached hydrogens (tertiary/aromatic N) is 3. The van der Waals surface area contributed by atoms with Gasteiger partial charge in [0, 0.05) is 36.6 Å². The lowest BCUT2D eigenvalue weighted by atomic mass is 10.1. The molecule has 4 rings (SSSR count). The van der Waals surface area contributed by atoms with Crippen LogP contribution in [0.3, 0.4) is 0 Å². The van der Waals surface area contributed by atoms with E-state index in [2.05, 4.69) is 48.8 Å². The van der Waals surface area contributed by atoms with Gasteiger partial charge in [0.1, 0.15) is 5.65 Å². The van der Waals surface area contributed by atoms with Crippen LogP contribution >= 0.6 is 0 Å². The van der Waals surface area contributed by atoms with E-state index in [4.69, 9.17) is 4.98 Å². The zero-order chi connectivity index (χ0) is 16.1. The fourth-order valence-corrected chi connectivity index (χ4v) is 3.51. The lowest BCUT2D eigenvalue weighted by Crippen LogP contribution is -2.33. The second kappa shape index (κ2) is 4.95. The van der Waals surface area contributed by atoms with Gasteiger partial charge in [0.15, 0.2) is 0 Å². The van der Waals surface area contributed by atoms with E-state index in [0.29, 0.717) is 0 Å². The van der Waals surface area contributed by atoms with Gasteiger partial charge < -0.3 is 9.30 Å². The summed E-state index contributed by atoms with van der Waals surface area (Å²) in [4.78, 5) is 18.4. The van der Waals surface area contributed by atoms with Crippen molar-refractivity contribution in [1.82, 2.24) is 9.38 Å². The summed E-state index contributed by atoms with van der Waals surface area (Å²) in [6.07, 6.45) is 5.04. The lowest BCUT2D eigenvalue weighted by Gasteiger charge is -2.20. The molecule has 1 unspecified atom stereocenters. The van der Waals surface area contributed by atoms with E-state index in [9.17, 15) is 4.79 Å². The number of imidazole rings is 1. The maximum Gasteiger partial charge on any atom is 0.224 e. The second-order valence-electron chi connectivity index (χ2n) is 6.38. The van der Waals surface area contributed by atoms with Crippen LogP contribution in [0, 0.1) is 6.92 Å². The molecule has 0 spiro atoms. The van der Waals surface area contributed by atoms with E-state index in [0.717, 1.165) is 29.0 Å². The summed E-state index contributed by atoms with van der Waals surface area (Å²) in [7, 11) is 0. The number of carbonyl (C=O) groups is 1. The Morgan fingerprint density at radius 1 is 1.22 bits per heavy atom. The molecule has 3 aromatic rings. The van der Waals surface area contributed by atoms with Crippen LogP contribution in [0.25, 0.3) is 16.9 Å². The molecule has 0 saturated heterocycles. The van der Waals surface area contributed by atoms with E-state index in [-0.39, 0.29) is 11.9 Å². The number of anilines is 1. The van der Waals surface area contributed by atoms with Crippen LogP contribution in [0.15, 0.2) is 42.7 Å². The third-order valence-corrected chi connectivity index (χ3v) is 4.53. The minimum Gasteiger partial charge on any atom is -0.309 e. The largest absolute Gasteiger partial charge is 0.309 e. The molecule has 0 saturated carbocycles. The molecule has 4 nitrogen and oxygen atoms in total. The molecule has 0 N–H and O–H groups in total. The van der Waals surface area contributed by atoms with Crippen LogP contribution in [-0.2, 0) is 11.2 Å². The van der Waals surface area contributed by atoms with E-state index in [1.54, 1.807) is 6.92 Å². The zero-order valence-electron chi connectivity index (χ0n) is 13.6. The average molecular weight is 305 g/mol. The Bertz CT molecular complexity index is 926. The van der Waals surface area contributed by atoms with Crippen molar-refractivity contribution >= 4 is 17.2 Å². The summed E-state index contributed by atoms with van der Waals surface area (Å²) in [6, 6.07) is 10.6. The highest BCUT2D eigenvalue weighted by Crippen LogP contribution is 2.35. The highest BCUT2D eigenvalue weighted by molar-refractivity contribution is 5.95. The van der Waals surface area contributed by atoms with Gasteiger partial charge in [0.05, 0.1) is 5.69 Å². The third-order valence-electron chi connectivity index (χ3n) is 4.53.